The second-order valence-corrected chi connectivity index (χ2v) is 5.47. The van der Waals surface area contributed by atoms with Gasteiger partial charge < -0.3 is 14.8 Å². The highest BCUT2D eigenvalue weighted by Crippen LogP contribution is 2.11. The van der Waals surface area contributed by atoms with Crippen LogP contribution >= 0.6 is 0 Å². The fraction of sp³-hybridized carbons (Fsp3) is 0.533. The van der Waals surface area contributed by atoms with Gasteiger partial charge in [-0.2, -0.15) is 0 Å². The van der Waals surface area contributed by atoms with Crippen molar-refractivity contribution in [1.29, 1.82) is 0 Å². The average molecular weight is 247 g/mol. The molecule has 1 aliphatic rings. The van der Waals surface area contributed by atoms with E-state index in [0.29, 0.717) is 6.54 Å². The summed E-state index contributed by atoms with van der Waals surface area (Å²) < 4.78 is 0. The van der Waals surface area contributed by atoms with Gasteiger partial charge in [0.2, 0.25) is 0 Å². The zero-order valence-electron chi connectivity index (χ0n) is 11.2. The Morgan fingerprint density at radius 3 is 2.89 bits per heavy atom. The molecule has 1 aliphatic heterocycles. The zero-order chi connectivity index (χ0) is 13.1. The first-order valence-corrected chi connectivity index (χ1v) is 6.67. The van der Waals surface area contributed by atoms with Crippen molar-refractivity contribution < 1.29 is 14.8 Å². The van der Waals surface area contributed by atoms with E-state index in [1.165, 1.54) is 21.6 Å². The number of benzene rings is 1. The molecule has 2 rings (SSSR count). The van der Waals surface area contributed by atoms with Crippen molar-refractivity contribution >= 4 is 5.97 Å². The van der Waals surface area contributed by atoms with Crippen LogP contribution in [0.25, 0.3) is 0 Å². The van der Waals surface area contributed by atoms with Gasteiger partial charge in [-0.25, -0.2) is 0 Å². The highest BCUT2D eigenvalue weighted by Gasteiger charge is 2.24. The predicted octanol–water partition coefficient (Wildman–Crippen LogP) is -0.152. The standard InChI is InChI=1S/C15H21NO2/c1-11-5-6-13(12(2)8-11)9-16-7-3-4-14(10-16)15(17)18/h5-6,8,14H,3-4,7,9-10H2,1-2H3,(H,17,18)/t14-/m0/s1. The monoisotopic (exact) mass is 247 g/mol. The van der Waals surface area contributed by atoms with Crippen LogP contribution in [-0.4, -0.2) is 19.1 Å². The smallest absolute Gasteiger partial charge is 0.103 e. The first-order valence-electron chi connectivity index (χ1n) is 6.67. The molecule has 0 amide bonds. The third-order valence-electron chi connectivity index (χ3n) is 3.89. The van der Waals surface area contributed by atoms with Crippen LogP contribution in [-0.2, 0) is 11.3 Å². The molecule has 0 radical (unpaired) electrons. The molecule has 2 atom stereocenters. The van der Waals surface area contributed by atoms with Gasteiger partial charge in [-0.05, 0) is 32.3 Å². The Kier molecular flexibility index (Phi) is 4.02. The number of carboxylic acid groups (broad SMARTS) is 1. The molecule has 0 aromatic heterocycles. The number of carboxylic acids is 1. The van der Waals surface area contributed by atoms with Crippen LogP contribution in [0.1, 0.15) is 29.5 Å². The van der Waals surface area contributed by atoms with E-state index in [4.69, 9.17) is 0 Å². The Morgan fingerprint density at radius 1 is 1.44 bits per heavy atom. The van der Waals surface area contributed by atoms with Crippen molar-refractivity contribution in [3.05, 3.63) is 34.9 Å². The summed E-state index contributed by atoms with van der Waals surface area (Å²) in [5.41, 5.74) is 3.91. The van der Waals surface area contributed by atoms with Gasteiger partial charge in [-0.1, -0.05) is 23.8 Å². The number of aliphatic carboxylic acids is 1. The number of hydrogen-bond acceptors (Lipinski definition) is 2. The van der Waals surface area contributed by atoms with Crippen LogP contribution in [0, 0.1) is 19.8 Å². The average Bonchev–Trinajstić information content (AvgIpc) is 2.33. The molecule has 0 bridgehead atoms. The van der Waals surface area contributed by atoms with Crippen molar-refractivity contribution in [3.8, 4) is 0 Å². The number of hydrogen-bond donors (Lipinski definition) is 1. The summed E-state index contributed by atoms with van der Waals surface area (Å²) in [6.07, 6.45) is 1.76. The maximum Gasteiger partial charge on any atom is 0.103 e. The molecule has 3 heteroatoms. The van der Waals surface area contributed by atoms with Crippen LogP contribution in [0.4, 0.5) is 0 Å². The van der Waals surface area contributed by atoms with E-state index in [9.17, 15) is 9.90 Å². The lowest BCUT2D eigenvalue weighted by molar-refractivity contribution is -0.921. The van der Waals surface area contributed by atoms with Crippen LogP contribution in [0.2, 0.25) is 0 Å². The van der Waals surface area contributed by atoms with Gasteiger partial charge in [-0.3, -0.25) is 0 Å². The van der Waals surface area contributed by atoms with Gasteiger partial charge in [0, 0.05) is 11.5 Å². The van der Waals surface area contributed by atoms with Gasteiger partial charge in [0.1, 0.15) is 6.54 Å². The largest absolute Gasteiger partial charge is 0.550 e. The molecular weight excluding hydrogens is 226 g/mol. The van der Waals surface area contributed by atoms with E-state index in [-0.39, 0.29) is 5.92 Å². The zero-order valence-corrected chi connectivity index (χ0v) is 11.2. The SMILES string of the molecule is Cc1ccc(C[NH+]2CCC[C@H](C(=O)[O-])C2)c(C)c1. The van der Waals surface area contributed by atoms with E-state index in [1.807, 2.05) is 0 Å². The van der Waals surface area contributed by atoms with E-state index >= 15 is 0 Å². The van der Waals surface area contributed by atoms with Crippen LogP contribution < -0.4 is 10.0 Å². The number of carbonyl (C=O) groups is 1. The molecule has 18 heavy (non-hydrogen) atoms. The summed E-state index contributed by atoms with van der Waals surface area (Å²) in [6, 6.07) is 6.48. The number of aryl methyl sites for hydroxylation is 2. The summed E-state index contributed by atoms with van der Waals surface area (Å²) >= 11 is 0. The molecule has 1 aromatic rings. The maximum absolute atomic E-state index is 10.9. The quantitative estimate of drug-likeness (QED) is 0.807. The third kappa shape index (κ3) is 3.10. The summed E-state index contributed by atoms with van der Waals surface area (Å²) in [4.78, 5) is 12.3. The number of nitrogens with one attached hydrogen (secondary N) is 1. The molecule has 3 nitrogen and oxygen atoms in total. The number of rotatable bonds is 3. The van der Waals surface area contributed by atoms with E-state index in [1.54, 1.807) is 0 Å². The van der Waals surface area contributed by atoms with Gasteiger partial charge >= 0.3 is 0 Å². The van der Waals surface area contributed by atoms with Crippen molar-refractivity contribution in [3.63, 3.8) is 0 Å². The summed E-state index contributed by atoms with van der Waals surface area (Å²) in [5, 5.41) is 10.9. The van der Waals surface area contributed by atoms with Crippen molar-refractivity contribution in [1.82, 2.24) is 0 Å². The molecule has 1 unspecified atom stereocenters. The highest BCUT2D eigenvalue weighted by atomic mass is 16.4. The van der Waals surface area contributed by atoms with E-state index in [0.717, 1.165) is 25.9 Å². The fourth-order valence-electron chi connectivity index (χ4n) is 2.83. The topological polar surface area (TPSA) is 44.6 Å². The lowest BCUT2D eigenvalue weighted by atomic mass is 9.97. The number of carbonyl (C=O) groups excluding carboxylic acids is 1. The maximum atomic E-state index is 10.9. The van der Waals surface area contributed by atoms with Gasteiger partial charge in [0.25, 0.3) is 0 Å². The third-order valence-corrected chi connectivity index (χ3v) is 3.89. The molecule has 0 aliphatic carbocycles. The molecular formula is C15H21NO2. The minimum absolute atomic E-state index is 0.264. The normalized spacial score (nSPS) is 23.9. The lowest BCUT2D eigenvalue weighted by Crippen LogP contribution is -3.12. The summed E-state index contributed by atoms with van der Waals surface area (Å²) in [6.45, 7) is 6.92. The minimum Gasteiger partial charge on any atom is -0.550 e. The summed E-state index contributed by atoms with van der Waals surface area (Å²) in [5.74, 6) is -1.15. The second-order valence-electron chi connectivity index (χ2n) is 5.47. The van der Waals surface area contributed by atoms with Crippen molar-refractivity contribution in [2.75, 3.05) is 13.1 Å². The Balaban J connectivity index is 2.02. The van der Waals surface area contributed by atoms with Crippen LogP contribution in [0.5, 0.6) is 0 Å². The Morgan fingerprint density at radius 2 is 2.22 bits per heavy atom. The first-order chi connectivity index (χ1) is 8.56. The highest BCUT2D eigenvalue weighted by molar-refractivity contribution is 5.67. The first kappa shape index (κ1) is 13.1. The lowest BCUT2D eigenvalue weighted by Gasteiger charge is -2.30. The molecule has 1 fully saturated rings. The van der Waals surface area contributed by atoms with Gasteiger partial charge in [0.15, 0.2) is 0 Å². The molecule has 1 heterocycles. The second kappa shape index (κ2) is 5.53. The van der Waals surface area contributed by atoms with Gasteiger partial charge in [-0.15, -0.1) is 0 Å². The number of likely N-dealkylation sites (tertiary alicyclic amines) is 1. The molecule has 1 saturated heterocycles. The Labute approximate surface area is 108 Å². The van der Waals surface area contributed by atoms with Gasteiger partial charge in [0.05, 0.1) is 19.1 Å². The van der Waals surface area contributed by atoms with E-state index in [2.05, 4.69) is 32.0 Å². The minimum atomic E-state index is -0.882. The van der Waals surface area contributed by atoms with Crippen LogP contribution in [0.15, 0.2) is 18.2 Å². The fourth-order valence-corrected chi connectivity index (χ4v) is 2.83. The molecule has 1 N–H and O–H groups in total. The summed E-state index contributed by atoms with van der Waals surface area (Å²) in [7, 11) is 0. The number of quaternary nitrogens is 1. The van der Waals surface area contributed by atoms with E-state index < -0.39 is 5.97 Å². The molecule has 1 aromatic carbocycles. The van der Waals surface area contributed by atoms with Crippen molar-refractivity contribution in [2.45, 2.75) is 33.2 Å². The molecule has 0 saturated carbocycles. The van der Waals surface area contributed by atoms with Crippen LogP contribution in [0.3, 0.4) is 0 Å². The van der Waals surface area contributed by atoms with Crippen molar-refractivity contribution in [2.24, 2.45) is 5.92 Å². The molecule has 98 valence electrons. The Hall–Kier alpha value is -1.35. The Bertz CT molecular complexity index is 442. The predicted molar refractivity (Wildman–Crippen MR) is 68.0 cm³/mol. The number of piperidine rings is 1. The molecule has 0 spiro atoms.